The Morgan fingerprint density at radius 1 is 1.21 bits per heavy atom. The average Bonchev–Trinajstić information content (AvgIpc) is 3.20. The minimum absolute atomic E-state index is 0.00554. The molecule has 2 amide bonds. The van der Waals surface area contributed by atoms with E-state index in [1.165, 1.54) is 12.0 Å². The zero-order chi connectivity index (χ0) is 19.8. The molecule has 2 saturated carbocycles. The Morgan fingerprint density at radius 2 is 1.96 bits per heavy atom. The highest BCUT2D eigenvalue weighted by atomic mass is 16.4. The molecular weight excluding hydrogens is 354 g/mol. The number of benzene rings is 1. The van der Waals surface area contributed by atoms with E-state index in [2.05, 4.69) is 41.5 Å². The molecule has 0 unspecified atom stereocenters. The second kappa shape index (κ2) is 7.39. The van der Waals surface area contributed by atoms with Crippen LogP contribution < -0.4 is 5.32 Å². The van der Waals surface area contributed by atoms with E-state index in [1.807, 2.05) is 6.07 Å². The summed E-state index contributed by atoms with van der Waals surface area (Å²) in [6.07, 6.45) is 5.92. The molecule has 2 N–H and O–H groups in total. The Labute approximate surface area is 166 Å². The van der Waals surface area contributed by atoms with Gasteiger partial charge in [-0.05, 0) is 50.6 Å². The number of nitrogens with one attached hydrogen (secondary N) is 1. The molecule has 3 aliphatic rings. The zero-order valence-electron chi connectivity index (χ0n) is 16.7. The molecule has 152 valence electrons. The summed E-state index contributed by atoms with van der Waals surface area (Å²) in [5.74, 6) is -0.627. The number of aliphatic carboxylic acids is 1. The van der Waals surface area contributed by atoms with Crippen LogP contribution in [0.15, 0.2) is 30.3 Å². The molecular formula is C22H31N3O3. The van der Waals surface area contributed by atoms with Gasteiger partial charge in [-0.25, -0.2) is 4.79 Å². The summed E-state index contributed by atoms with van der Waals surface area (Å²) in [6.45, 7) is 2.41. The van der Waals surface area contributed by atoms with Crippen LogP contribution in [0.25, 0.3) is 0 Å². The zero-order valence-corrected chi connectivity index (χ0v) is 16.7. The lowest BCUT2D eigenvalue weighted by atomic mass is 9.75. The van der Waals surface area contributed by atoms with Gasteiger partial charge in [-0.3, -0.25) is 9.69 Å². The van der Waals surface area contributed by atoms with Crippen molar-refractivity contribution in [1.82, 2.24) is 15.1 Å². The number of nitrogens with zero attached hydrogens (tertiary/aromatic N) is 2. The van der Waals surface area contributed by atoms with Crippen LogP contribution in [-0.4, -0.2) is 59.1 Å². The van der Waals surface area contributed by atoms with Gasteiger partial charge in [-0.2, -0.15) is 0 Å². The molecule has 1 saturated heterocycles. The van der Waals surface area contributed by atoms with E-state index in [0.29, 0.717) is 26.1 Å². The highest BCUT2D eigenvalue weighted by molar-refractivity contribution is 5.80. The second-order valence-corrected chi connectivity index (χ2v) is 9.01. The van der Waals surface area contributed by atoms with Gasteiger partial charge in [0.05, 0.1) is 5.41 Å². The smallest absolute Gasteiger partial charge is 0.317 e. The molecule has 2 atom stereocenters. The van der Waals surface area contributed by atoms with Crippen LogP contribution in [0.4, 0.5) is 4.79 Å². The standard InChI is InChI=1S/C22H31N3O3/c1-24(13-17-7-3-2-4-8-17)21(10-6-11-21)15-23-20(28)25-14-18-9-5-12-22(18,16-25)19(26)27/h2-4,7-8,18H,5-6,9-16H2,1H3,(H,23,28)(H,26,27)/t18-,22+/m0/s1. The number of hydrogen-bond acceptors (Lipinski definition) is 3. The molecule has 28 heavy (non-hydrogen) atoms. The molecule has 0 spiro atoms. The van der Waals surface area contributed by atoms with E-state index in [1.54, 1.807) is 4.90 Å². The lowest BCUT2D eigenvalue weighted by molar-refractivity contribution is -0.149. The number of carboxylic acid groups (broad SMARTS) is 1. The molecule has 1 aromatic rings. The normalized spacial score (nSPS) is 28.1. The fourth-order valence-corrected chi connectivity index (χ4v) is 5.45. The van der Waals surface area contributed by atoms with Crippen LogP contribution in [0.3, 0.4) is 0 Å². The molecule has 3 fully saturated rings. The van der Waals surface area contributed by atoms with Crippen LogP contribution in [0, 0.1) is 11.3 Å². The minimum Gasteiger partial charge on any atom is -0.481 e. The maximum Gasteiger partial charge on any atom is 0.317 e. The lowest BCUT2D eigenvalue weighted by Crippen LogP contribution is -2.59. The number of amides is 2. The molecule has 6 heteroatoms. The van der Waals surface area contributed by atoms with Gasteiger partial charge in [-0.15, -0.1) is 0 Å². The number of likely N-dealkylation sites (N-methyl/N-ethyl adjacent to an activating group) is 1. The first kappa shape index (κ1) is 19.2. The molecule has 0 bridgehead atoms. The number of carbonyl (C=O) groups is 2. The second-order valence-electron chi connectivity index (χ2n) is 9.01. The molecule has 0 aromatic heterocycles. The summed E-state index contributed by atoms with van der Waals surface area (Å²) in [4.78, 5) is 28.8. The van der Waals surface area contributed by atoms with E-state index in [9.17, 15) is 14.7 Å². The van der Waals surface area contributed by atoms with Crippen molar-refractivity contribution in [3.63, 3.8) is 0 Å². The van der Waals surface area contributed by atoms with Crippen molar-refractivity contribution in [2.45, 2.75) is 50.6 Å². The maximum absolute atomic E-state index is 12.8. The number of rotatable bonds is 6. The Morgan fingerprint density at radius 3 is 2.57 bits per heavy atom. The summed E-state index contributed by atoms with van der Waals surface area (Å²) < 4.78 is 0. The van der Waals surface area contributed by atoms with Crippen molar-refractivity contribution in [3.8, 4) is 0 Å². The summed E-state index contributed by atoms with van der Waals surface area (Å²) in [6, 6.07) is 10.3. The quantitative estimate of drug-likeness (QED) is 0.790. The van der Waals surface area contributed by atoms with Crippen LogP contribution in [0.2, 0.25) is 0 Å². The third-order valence-corrected chi connectivity index (χ3v) is 7.51. The van der Waals surface area contributed by atoms with Gasteiger partial charge in [0, 0.05) is 31.7 Å². The maximum atomic E-state index is 12.8. The van der Waals surface area contributed by atoms with Gasteiger partial charge < -0.3 is 15.3 Å². The number of carboxylic acids is 1. The van der Waals surface area contributed by atoms with Gasteiger partial charge in [-0.1, -0.05) is 36.8 Å². The monoisotopic (exact) mass is 385 g/mol. The number of carbonyl (C=O) groups excluding carboxylic acids is 1. The Kier molecular flexibility index (Phi) is 5.08. The Hall–Kier alpha value is -2.08. The first-order valence-electron chi connectivity index (χ1n) is 10.5. The topological polar surface area (TPSA) is 72.9 Å². The van der Waals surface area contributed by atoms with Gasteiger partial charge in [0.1, 0.15) is 0 Å². The predicted molar refractivity (Wildman–Crippen MR) is 107 cm³/mol. The predicted octanol–water partition coefficient (Wildman–Crippen LogP) is 2.94. The van der Waals surface area contributed by atoms with Gasteiger partial charge >= 0.3 is 12.0 Å². The SMILES string of the molecule is CN(Cc1ccccc1)C1(CNC(=O)N2C[C@@H]3CCC[C@@]3(C(=O)O)C2)CCC1. The fraction of sp³-hybridized carbons (Fsp3) is 0.636. The molecule has 4 rings (SSSR count). The van der Waals surface area contributed by atoms with E-state index >= 15 is 0 Å². The largest absolute Gasteiger partial charge is 0.481 e. The van der Waals surface area contributed by atoms with Crippen LogP contribution in [0.1, 0.15) is 44.1 Å². The minimum atomic E-state index is -0.733. The van der Waals surface area contributed by atoms with E-state index in [4.69, 9.17) is 0 Å². The van der Waals surface area contributed by atoms with Gasteiger partial charge in [0.25, 0.3) is 0 Å². The highest BCUT2D eigenvalue weighted by Crippen LogP contribution is 2.49. The van der Waals surface area contributed by atoms with Gasteiger partial charge in [0.2, 0.25) is 0 Å². The summed E-state index contributed by atoms with van der Waals surface area (Å²) in [5.41, 5.74) is 0.569. The fourth-order valence-electron chi connectivity index (χ4n) is 5.45. The molecule has 2 aliphatic carbocycles. The Balaban J connectivity index is 1.35. The van der Waals surface area contributed by atoms with Crippen molar-refractivity contribution in [3.05, 3.63) is 35.9 Å². The lowest BCUT2D eigenvalue weighted by Gasteiger charge is -2.49. The van der Waals surface area contributed by atoms with Crippen molar-refractivity contribution in [2.75, 3.05) is 26.7 Å². The van der Waals surface area contributed by atoms with Crippen molar-refractivity contribution in [2.24, 2.45) is 11.3 Å². The summed E-state index contributed by atoms with van der Waals surface area (Å²) >= 11 is 0. The first-order valence-corrected chi connectivity index (χ1v) is 10.5. The number of hydrogen-bond donors (Lipinski definition) is 2. The van der Waals surface area contributed by atoms with Gasteiger partial charge in [0.15, 0.2) is 0 Å². The Bertz CT molecular complexity index is 734. The number of urea groups is 1. The first-order chi connectivity index (χ1) is 13.5. The number of fused-ring (bicyclic) bond motifs is 1. The van der Waals surface area contributed by atoms with Crippen molar-refractivity contribution >= 4 is 12.0 Å². The highest BCUT2D eigenvalue weighted by Gasteiger charge is 2.56. The van der Waals surface area contributed by atoms with E-state index < -0.39 is 11.4 Å². The average molecular weight is 386 g/mol. The van der Waals surface area contributed by atoms with E-state index in [-0.39, 0.29) is 17.5 Å². The third-order valence-electron chi connectivity index (χ3n) is 7.51. The van der Waals surface area contributed by atoms with Crippen LogP contribution in [0.5, 0.6) is 0 Å². The number of likely N-dealkylation sites (tertiary alicyclic amines) is 1. The molecule has 0 radical (unpaired) electrons. The van der Waals surface area contributed by atoms with Crippen molar-refractivity contribution < 1.29 is 14.7 Å². The van der Waals surface area contributed by atoms with Crippen LogP contribution >= 0.6 is 0 Å². The molecule has 1 aromatic carbocycles. The van der Waals surface area contributed by atoms with E-state index in [0.717, 1.165) is 32.2 Å². The molecule has 1 heterocycles. The summed E-state index contributed by atoms with van der Waals surface area (Å²) in [7, 11) is 2.14. The van der Waals surface area contributed by atoms with Crippen LogP contribution in [-0.2, 0) is 11.3 Å². The molecule has 6 nitrogen and oxygen atoms in total. The third kappa shape index (κ3) is 3.28. The summed E-state index contributed by atoms with van der Waals surface area (Å²) in [5, 5.41) is 12.9. The molecule has 1 aliphatic heterocycles. The van der Waals surface area contributed by atoms with Crippen molar-refractivity contribution in [1.29, 1.82) is 0 Å².